The third kappa shape index (κ3) is 2.37. The fourth-order valence-electron chi connectivity index (χ4n) is 6.02. The number of ether oxygens (including phenoxy) is 2. The smallest absolute Gasteiger partial charge is 0.337 e. The standard InChI is InChI=1S/C23H34O5/c1-13-12-22(7)23(8,15(3)18(26)28-22)19(27-17(25)14(2)16(4)24)21(6)11-9-10-20(13,21)5/h9-10,13,15,19,24H,11-12H2,1-8H3/b16-14+/t13-,15-,19-,20+,21+,22-,23+/m1/s1. The molecule has 3 aliphatic rings. The topological polar surface area (TPSA) is 72.8 Å². The third-order valence-electron chi connectivity index (χ3n) is 8.87. The number of esters is 2. The Hall–Kier alpha value is -1.78. The van der Waals surface area contributed by atoms with Gasteiger partial charge < -0.3 is 14.6 Å². The Bertz CT molecular complexity index is 778. The Labute approximate surface area is 168 Å². The predicted molar refractivity (Wildman–Crippen MR) is 106 cm³/mol. The normalized spacial score (nSPS) is 48.3. The molecule has 1 saturated heterocycles. The number of carbonyl (C=O) groups excluding carboxylic acids is 2. The predicted octanol–water partition coefficient (Wildman–Crippen LogP) is 4.72. The number of carbonyl (C=O) groups is 2. The van der Waals surface area contributed by atoms with Crippen molar-refractivity contribution in [2.24, 2.45) is 28.1 Å². The van der Waals surface area contributed by atoms with Crippen LogP contribution in [0.1, 0.15) is 68.2 Å². The summed E-state index contributed by atoms with van der Waals surface area (Å²) in [6.07, 6.45) is 5.35. The van der Waals surface area contributed by atoms with Gasteiger partial charge in [0, 0.05) is 5.41 Å². The van der Waals surface area contributed by atoms with E-state index in [-0.39, 0.29) is 34.0 Å². The van der Waals surface area contributed by atoms with Gasteiger partial charge in [0.2, 0.25) is 0 Å². The first-order chi connectivity index (χ1) is 12.7. The Kier molecular flexibility index (Phi) is 4.57. The van der Waals surface area contributed by atoms with Crippen molar-refractivity contribution >= 4 is 11.9 Å². The van der Waals surface area contributed by atoms with Gasteiger partial charge in [0.05, 0.1) is 22.7 Å². The first kappa shape index (κ1) is 20.9. The van der Waals surface area contributed by atoms with E-state index in [9.17, 15) is 14.7 Å². The van der Waals surface area contributed by atoms with E-state index in [2.05, 4.69) is 32.9 Å². The lowest BCUT2D eigenvalue weighted by atomic mass is 9.54. The van der Waals surface area contributed by atoms with Crippen LogP contribution in [-0.2, 0) is 19.1 Å². The maximum absolute atomic E-state index is 12.9. The van der Waals surface area contributed by atoms with Crippen LogP contribution in [0, 0.1) is 28.1 Å². The van der Waals surface area contributed by atoms with E-state index in [0.29, 0.717) is 6.42 Å². The molecular weight excluding hydrogens is 356 g/mol. The average Bonchev–Trinajstić information content (AvgIpc) is 2.99. The number of rotatable bonds is 2. The Morgan fingerprint density at radius 1 is 1.21 bits per heavy atom. The van der Waals surface area contributed by atoms with Gasteiger partial charge in [-0.15, -0.1) is 0 Å². The lowest BCUT2D eigenvalue weighted by molar-refractivity contribution is -0.185. The van der Waals surface area contributed by atoms with E-state index in [1.807, 2.05) is 20.8 Å². The molecule has 1 heterocycles. The van der Waals surface area contributed by atoms with Crippen molar-refractivity contribution in [1.29, 1.82) is 0 Å². The van der Waals surface area contributed by atoms with Gasteiger partial charge >= 0.3 is 11.9 Å². The van der Waals surface area contributed by atoms with Crippen LogP contribution < -0.4 is 0 Å². The van der Waals surface area contributed by atoms with Crippen LogP contribution in [0.3, 0.4) is 0 Å². The summed E-state index contributed by atoms with van der Waals surface area (Å²) >= 11 is 0. The molecule has 7 atom stereocenters. The zero-order valence-electron chi connectivity index (χ0n) is 18.4. The van der Waals surface area contributed by atoms with E-state index in [0.717, 1.165) is 6.42 Å². The molecule has 0 aromatic heterocycles. The number of fused-ring (bicyclic) bond motifs is 2. The molecular formula is C23H34O5. The molecule has 5 nitrogen and oxygen atoms in total. The SMILES string of the molecule is C/C(O)=C(/C)C(=O)O[C@H]1[C@]2(C)[C@H](C)C(=O)O[C@]2(C)C[C@@H](C)[C@]2(C)C=CC[C@@]12C. The van der Waals surface area contributed by atoms with Gasteiger partial charge in [-0.05, 0) is 44.9 Å². The van der Waals surface area contributed by atoms with Crippen molar-refractivity contribution in [3.05, 3.63) is 23.5 Å². The minimum Gasteiger partial charge on any atom is -0.512 e. The van der Waals surface area contributed by atoms with E-state index in [1.54, 1.807) is 6.92 Å². The Balaban J connectivity index is 2.22. The zero-order chi connectivity index (χ0) is 21.3. The first-order valence-corrected chi connectivity index (χ1v) is 10.2. The minimum absolute atomic E-state index is 0.0517. The summed E-state index contributed by atoms with van der Waals surface area (Å²) in [5, 5.41) is 9.80. The molecule has 1 saturated carbocycles. The lowest BCUT2D eigenvalue weighted by Crippen LogP contribution is -2.58. The fourth-order valence-corrected chi connectivity index (χ4v) is 6.02. The van der Waals surface area contributed by atoms with Crippen molar-refractivity contribution in [2.45, 2.75) is 79.9 Å². The highest BCUT2D eigenvalue weighted by molar-refractivity contribution is 5.88. The van der Waals surface area contributed by atoms with E-state index < -0.39 is 29.0 Å². The van der Waals surface area contributed by atoms with Crippen molar-refractivity contribution < 1.29 is 24.2 Å². The molecule has 156 valence electrons. The van der Waals surface area contributed by atoms with Crippen molar-refractivity contribution in [3.63, 3.8) is 0 Å². The van der Waals surface area contributed by atoms with Crippen LogP contribution in [0.5, 0.6) is 0 Å². The second-order valence-electron chi connectivity index (χ2n) is 10.1. The van der Waals surface area contributed by atoms with Gasteiger partial charge in [-0.25, -0.2) is 4.79 Å². The molecule has 1 N–H and O–H groups in total. The Morgan fingerprint density at radius 3 is 2.39 bits per heavy atom. The van der Waals surface area contributed by atoms with Crippen molar-refractivity contribution in [2.75, 3.05) is 0 Å². The van der Waals surface area contributed by atoms with Gasteiger partial charge in [-0.3, -0.25) is 4.79 Å². The maximum Gasteiger partial charge on any atom is 0.337 e. The summed E-state index contributed by atoms with van der Waals surface area (Å²) in [6.45, 7) is 15.5. The summed E-state index contributed by atoms with van der Waals surface area (Å²) in [5.41, 5.74) is -1.82. The summed E-state index contributed by atoms with van der Waals surface area (Å²) in [5.74, 6) is -0.989. The minimum atomic E-state index is -0.732. The molecule has 0 spiro atoms. The van der Waals surface area contributed by atoms with Crippen LogP contribution >= 0.6 is 0 Å². The quantitative estimate of drug-likeness (QED) is 0.320. The van der Waals surface area contributed by atoms with E-state index >= 15 is 0 Å². The molecule has 0 aromatic rings. The molecule has 0 bridgehead atoms. The highest BCUT2D eigenvalue weighted by Crippen LogP contribution is 2.68. The van der Waals surface area contributed by atoms with Crippen LogP contribution in [0.15, 0.2) is 23.5 Å². The average molecular weight is 391 g/mol. The Morgan fingerprint density at radius 2 is 1.82 bits per heavy atom. The third-order valence-corrected chi connectivity index (χ3v) is 8.87. The number of allylic oxidation sites excluding steroid dienone is 3. The van der Waals surface area contributed by atoms with Gasteiger partial charge in [-0.1, -0.05) is 46.8 Å². The summed E-state index contributed by atoms with van der Waals surface area (Å²) < 4.78 is 12.2. The molecule has 0 aromatic carbocycles. The summed E-state index contributed by atoms with van der Waals surface area (Å²) in [7, 11) is 0. The van der Waals surface area contributed by atoms with Crippen LogP contribution in [-0.4, -0.2) is 28.8 Å². The largest absolute Gasteiger partial charge is 0.512 e. The van der Waals surface area contributed by atoms with Crippen molar-refractivity contribution in [3.8, 4) is 0 Å². The molecule has 0 amide bonds. The van der Waals surface area contributed by atoms with Gasteiger partial charge in [0.1, 0.15) is 11.7 Å². The van der Waals surface area contributed by atoms with Crippen LogP contribution in [0.25, 0.3) is 0 Å². The lowest BCUT2D eigenvalue weighted by Gasteiger charge is -2.52. The van der Waals surface area contributed by atoms with Gasteiger partial charge in [0.15, 0.2) is 0 Å². The highest BCUT2D eigenvalue weighted by atomic mass is 16.6. The molecule has 2 fully saturated rings. The molecule has 3 rings (SSSR count). The number of hydrogen-bond donors (Lipinski definition) is 1. The molecule has 0 unspecified atom stereocenters. The molecule has 2 aliphatic carbocycles. The van der Waals surface area contributed by atoms with E-state index in [1.165, 1.54) is 6.92 Å². The van der Waals surface area contributed by atoms with Crippen LogP contribution in [0.4, 0.5) is 0 Å². The second-order valence-corrected chi connectivity index (χ2v) is 10.1. The number of aliphatic hydroxyl groups excluding tert-OH is 1. The maximum atomic E-state index is 12.9. The van der Waals surface area contributed by atoms with E-state index in [4.69, 9.17) is 9.47 Å². The van der Waals surface area contributed by atoms with Gasteiger partial charge in [-0.2, -0.15) is 0 Å². The number of aliphatic hydroxyl groups is 1. The molecule has 5 heteroatoms. The zero-order valence-corrected chi connectivity index (χ0v) is 18.4. The number of hydrogen-bond acceptors (Lipinski definition) is 5. The second kappa shape index (κ2) is 6.11. The summed E-state index contributed by atoms with van der Waals surface area (Å²) in [4.78, 5) is 25.6. The van der Waals surface area contributed by atoms with Crippen molar-refractivity contribution in [1.82, 2.24) is 0 Å². The fraction of sp³-hybridized carbons (Fsp3) is 0.739. The molecule has 0 radical (unpaired) electrons. The highest BCUT2D eigenvalue weighted by Gasteiger charge is 2.73. The molecule has 28 heavy (non-hydrogen) atoms. The summed E-state index contributed by atoms with van der Waals surface area (Å²) in [6, 6.07) is 0. The monoisotopic (exact) mass is 390 g/mol. The van der Waals surface area contributed by atoms with Gasteiger partial charge in [0.25, 0.3) is 0 Å². The molecule has 1 aliphatic heterocycles. The first-order valence-electron chi connectivity index (χ1n) is 10.2. The van der Waals surface area contributed by atoms with Crippen LogP contribution in [0.2, 0.25) is 0 Å².